The summed E-state index contributed by atoms with van der Waals surface area (Å²) in [6.45, 7) is 2.11. The number of hydrogen-bond acceptors (Lipinski definition) is 6. The van der Waals surface area contributed by atoms with Crippen LogP contribution in [0.2, 0.25) is 0 Å². The van der Waals surface area contributed by atoms with Gasteiger partial charge in [0.05, 0.1) is 6.20 Å². The van der Waals surface area contributed by atoms with Crippen molar-refractivity contribution in [3.63, 3.8) is 0 Å². The van der Waals surface area contributed by atoms with Crippen LogP contribution in [-0.2, 0) is 0 Å². The number of rotatable bonds is 3. The van der Waals surface area contributed by atoms with Gasteiger partial charge in [-0.25, -0.2) is 4.98 Å². The molecule has 1 aromatic heterocycles. The third kappa shape index (κ3) is 3.48. The van der Waals surface area contributed by atoms with Crippen LogP contribution in [0.1, 0.15) is 22.5 Å². The van der Waals surface area contributed by atoms with Gasteiger partial charge in [0.1, 0.15) is 9.88 Å². The molecular formula is C16H18ClN3O3S. The minimum atomic E-state index is -0.0526. The van der Waals surface area contributed by atoms with Crippen LogP contribution in [-0.4, -0.2) is 36.8 Å². The standard InChI is InChI=1S/C16H17N3O3S.ClH/c20-15(19-11-2-1-5-17-7-11)14-8-18-16(23-14)10-3-4-12-13(6-10)22-9-21-12;/h3-4,6,8,11,17H,1-2,5,7,9H2,(H,19,20);1H/t11-;/m0./s1. The number of nitrogens with zero attached hydrogens (tertiary/aromatic N) is 1. The van der Waals surface area contributed by atoms with Gasteiger partial charge in [0, 0.05) is 18.2 Å². The average molecular weight is 368 g/mol. The van der Waals surface area contributed by atoms with Gasteiger partial charge in [0.15, 0.2) is 11.5 Å². The number of fused-ring (bicyclic) bond motifs is 1. The molecule has 128 valence electrons. The molecule has 1 amide bonds. The normalized spacial score (nSPS) is 18.8. The zero-order valence-corrected chi connectivity index (χ0v) is 14.5. The van der Waals surface area contributed by atoms with Crippen LogP contribution < -0.4 is 20.1 Å². The monoisotopic (exact) mass is 367 g/mol. The summed E-state index contributed by atoms with van der Waals surface area (Å²) in [5.41, 5.74) is 0.928. The second-order valence-corrected chi connectivity index (χ2v) is 6.65. The number of nitrogens with one attached hydrogen (secondary N) is 2. The van der Waals surface area contributed by atoms with Gasteiger partial charge in [-0.15, -0.1) is 23.7 Å². The maximum Gasteiger partial charge on any atom is 0.263 e. The molecule has 2 aliphatic heterocycles. The molecule has 0 aliphatic carbocycles. The molecule has 4 rings (SSSR count). The van der Waals surface area contributed by atoms with E-state index in [1.807, 2.05) is 18.2 Å². The maximum absolute atomic E-state index is 12.3. The molecule has 6 nitrogen and oxygen atoms in total. The predicted molar refractivity (Wildman–Crippen MR) is 94.3 cm³/mol. The molecule has 0 unspecified atom stereocenters. The smallest absolute Gasteiger partial charge is 0.263 e. The van der Waals surface area contributed by atoms with Crippen molar-refractivity contribution >= 4 is 29.7 Å². The fourth-order valence-corrected chi connectivity index (χ4v) is 3.59. The van der Waals surface area contributed by atoms with Crippen molar-refractivity contribution in [3.05, 3.63) is 29.3 Å². The van der Waals surface area contributed by atoms with Gasteiger partial charge >= 0.3 is 0 Å². The molecule has 1 atom stereocenters. The Balaban J connectivity index is 0.00000169. The Morgan fingerprint density at radius 1 is 1.33 bits per heavy atom. The highest BCUT2D eigenvalue weighted by Crippen LogP contribution is 2.36. The number of ether oxygens (including phenoxy) is 2. The van der Waals surface area contributed by atoms with E-state index in [0.717, 1.165) is 48.0 Å². The molecular weight excluding hydrogens is 350 g/mol. The van der Waals surface area contributed by atoms with E-state index in [0.29, 0.717) is 4.88 Å². The first-order valence-electron chi connectivity index (χ1n) is 7.67. The van der Waals surface area contributed by atoms with Crippen molar-refractivity contribution in [2.75, 3.05) is 19.9 Å². The van der Waals surface area contributed by atoms with Crippen LogP contribution in [0.3, 0.4) is 0 Å². The van der Waals surface area contributed by atoms with E-state index in [1.54, 1.807) is 6.20 Å². The van der Waals surface area contributed by atoms with E-state index in [9.17, 15) is 4.79 Å². The number of carbonyl (C=O) groups is 1. The third-order valence-corrected chi connectivity index (χ3v) is 5.03. The zero-order valence-electron chi connectivity index (χ0n) is 12.9. The van der Waals surface area contributed by atoms with Crippen molar-refractivity contribution in [1.29, 1.82) is 0 Å². The fraction of sp³-hybridized carbons (Fsp3) is 0.375. The second-order valence-electron chi connectivity index (χ2n) is 5.61. The van der Waals surface area contributed by atoms with E-state index in [4.69, 9.17) is 9.47 Å². The van der Waals surface area contributed by atoms with Gasteiger partial charge in [0.2, 0.25) is 6.79 Å². The zero-order chi connectivity index (χ0) is 15.6. The van der Waals surface area contributed by atoms with E-state index in [1.165, 1.54) is 11.3 Å². The van der Waals surface area contributed by atoms with Crippen LogP contribution in [0.4, 0.5) is 0 Å². The van der Waals surface area contributed by atoms with Crippen LogP contribution in [0, 0.1) is 0 Å². The number of piperidine rings is 1. The number of hydrogen-bond donors (Lipinski definition) is 2. The number of amides is 1. The van der Waals surface area contributed by atoms with Crippen LogP contribution in [0.5, 0.6) is 11.5 Å². The minimum absolute atomic E-state index is 0. The lowest BCUT2D eigenvalue weighted by atomic mass is 10.1. The molecule has 2 aliphatic rings. The van der Waals surface area contributed by atoms with Crippen molar-refractivity contribution in [2.24, 2.45) is 0 Å². The first kappa shape index (κ1) is 17.0. The first-order chi connectivity index (χ1) is 11.3. The topological polar surface area (TPSA) is 72.5 Å². The lowest BCUT2D eigenvalue weighted by molar-refractivity contribution is 0.0934. The van der Waals surface area contributed by atoms with Crippen molar-refractivity contribution in [2.45, 2.75) is 18.9 Å². The van der Waals surface area contributed by atoms with Gasteiger partial charge in [-0.1, -0.05) is 0 Å². The molecule has 0 spiro atoms. The predicted octanol–water partition coefficient (Wildman–Crippen LogP) is 2.44. The van der Waals surface area contributed by atoms with Gasteiger partial charge in [0.25, 0.3) is 5.91 Å². The number of thiazole rings is 1. The van der Waals surface area contributed by atoms with E-state index >= 15 is 0 Å². The Bertz CT molecular complexity index is 731. The molecule has 1 fully saturated rings. The molecule has 24 heavy (non-hydrogen) atoms. The van der Waals surface area contributed by atoms with Gasteiger partial charge in [-0.2, -0.15) is 0 Å². The second kappa shape index (κ2) is 7.38. The molecule has 0 radical (unpaired) electrons. The molecule has 0 bridgehead atoms. The lowest BCUT2D eigenvalue weighted by Gasteiger charge is -2.23. The van der Waals surface area contributed by atoms with Crippen LogP contribution in [0.15, 0.2) is 24.4 Å². The van der Waals surface area contributed by atoms with Gasteiger partial charge in [-0.05, 0) is 37.6 Å². The van der Waals surface area contributed by atoms with E-state index < -0.39 is 0 Å². The average Bonchev–Trinajstić information content (AvgIpc) is 3.24. The van der Waals surface area contributed by atoms with E-state index in [-0.39, 0.29) is 31.1 Å². The highest BCUT2D eigenvalue weighted by molar-refractivity contribution is 7.16. The maximum atomic E-state index is 12.3. The summed E-state index contributed by atoms with van der Waals surface area (Å²) in [5.74, 6) is 1.41. The Hall–Kier alpha value is -1.83. The molecule has 8 heteroatoms. The summed E-state index contributed by atoms with van der Waals surface area (Å²) in [6, 6.07) is 5.90. The highest BCUT2D eigenvalue weighted by Gasteiger charge is 2.19. The number of carbonyl (C=O) groups excluding carboxylic acids is 1. The largest absolute Gasteiger partial charge is 0.454 e. The Labute approximate surface area is 150 Å². The van der Waals surface area contributed by atoms with Crippen LogP contribution in [0.25, 0.3) is 10.6 Å². The summed E-state index contributed by atoms with van der Waals surface area (Å²) in [7, 11) is 0. The number of aromatic nitrogens is 1. The Morgan fingerprint density at radius 2 is 2.21 bits per heavy atom. The van der Waals surface area contributed by atoms with E-state index in [2.05, 4.69) is 15.6 Å². The fourth-order valence-electron chi connectivity index (χ4n) is 2.77. The van der Waals surface area contributed by atoms with Gasteiger partial charge < -0.3 is 20.1 Å². The summed E-state index contributed by atoms with van der Waals surface area (Å²) >= 11 is 1.39. The summed E-state index contributed by atoms with van der Waals surface area (Å²) in [4.78, 5) is 17.3. The molecule has 1 aromatic carbocycles. The van der Waals surface area contributed by atoms with Crippen LogP contribution >= 0.6 is 23.7 Å². The molecule has 3 heterocycles. The Kier molecular flexibility index (Phi) is 5.23. The SMILES string of the molecule is Cl.O=C(N[C@H]1CCCNC1)c1cnc(-c2ccc3c(c2)OCO3)s1. The van der Waals surface area contributed by atoms with Crippen molar-refractivity contribution in [3.8, 4) is 22.1 Å². The van der Waals surface area contributed by atoms with Gasteiger partial charge in [-0.3, -0.25) is 4.79 Å². The summed E-state index contributed by atoms with van der Waals surface area (Å²) < 4.78 is 10.7. The molecule has 2 N–H and O–H groups in total. The lowest BCUT2D eigenvalue weighted by Crippen LogP contribution is -2.45. The summed E-state index contributed by atoms with van der Waals surface area (Å²) in [6.07, 6.45) is 3.75. The molecule has 0 saturated carbocycles. The number of benzene rings is 1. The first-order valence-corrected chi connectivity index (χ1v) is 8.49. The summed E-state index contributed by atoms with van der Waals surface area (Å²) in [5, 5.41) is 7.16. The highest BCUT2D eigenvalue weighted by atomic mass is 35.5. The molecule has 2 aromatic rings. The number of halogens is 1. The quantitative estimate of drug-likeness (QED) is 0.871. The third-order valence-electron chi connectivity index (χ3n) is 3.98. The van der Waals surface area contributed by atoms with Crippen molar-refractivity contribution < 1.29 is 14.3 Å². The van der Waals surface area contributed by atoms with Crippen molar-refractivity contribution in [1.82, 2.24) is 15.6 Å². The Morgan fingerprint density at radius 3 is 3.04 bits per heavy atom. The minimum Gasteiger partial charge on any atom is -0.454 e. The molecule has 1 saturated heterocycles.